The van der Waals surface area contributed by atoms with E-state index in [0.29, 0.717) is 13.0 Å². The molecule has 0 saturated carbocycles. The number of carbonyl (C=O) groups excluding carboxylic acids is 1. The van der Waals surface area contributed by atoms with E-state index in [0.717, 1.165) is 25.1 Å². The lowest BCUT2D eigenvalue weighted by molar-refractivity contribution is -0.121. The first-order chi connectivity index (χ1) is 8.56. The predicted molar refractivity (Wildman–Crippen MR) is 72.6 cm³/mol. The van der Waals surface area contributed by atoms with E-state index in [4.69, 9.17) is 0 Å². The third-order valence-electron chi connectivity index (χ3n) is 3.19. The van der Waals surface area contributed by atoms with E-state index in [2.05, 4.69) is 22.7 Å². The quantitative estimate of drug-likeness (QED) is 0.702. The van der Waals surface area contributed by atoms with E-state index < -0.39 is 0 Å². The van der Waals surface area contributed by atoms with E-state index in [1.54, 1.807) is 0 Å². The summed E-state index contributed by atoms with van der Waals surface area (Å²) in [5.74, 6) is 0.129. The van der Waals surface area contributed by atoms with E-state index >= 15 is 0 Å². The second kappa shape index (κ2) is 7.16. The molecule has 1 rings (SSSR count). The summed E-state index contributed by atoms with van der Waals surface area (Å²) in [4.78, 5) is 11.5. The SMILES string of the molecule is CNCCCC(=O)NCCc1c(C)nn(C)c1C. The van der Waals surface area contributed by atoms with Gasteiger partial charge in [-0.1, -0.05) is 0 Å². The highest BCUT2D eigenvalue weighted by Gasteiger charge is 2.09. The van der Waals surface area contributed by atoms with Gasteiger partial charge < -0.3 is 10.6 Å². The number of hydrogen-bond acceptors (Lipinski definition) is 3. The Morgan fingerprint density at radius 1 is 1.33 bits per heavy atom. The van der Waals surface area contributed by atoms with Crippen molar-refractivity contribution >= 4 is 5.91 Å². The number of hydrogen-bond donors (Lipinski definition) is 2. The number of nitrogens with zero attached hydrogens (tertiary/aromatic N) is 2. The Kier molecular flexibility index (Phi) is 5.85. The van der Waals surface area contributed by atoms with Crippen LogP contribution < -0.4 is 10.6 Å². The maximum Gasteiger partial charge on any atom is 0.220 e. The fraction of sp³-hybridized carbons (Fsp3) is 0.692. The number of aromatic nitrogens is 2. The van der Waals surface area contributed by atoms with Crippen molar-refractivity contribution in [2.75, 3.05) is 20.1 Å². The molecule has 5 heteroatoms. The van der Waals surface area contributed by atoms with E-state index in [9.17, 15) is 4.79 Å². The molecular weight excluding hydrogens is 228 g/mol. The van der Waals surface area contributed by atoms with Crippen LogP contribution >= 0.6 is 0 Å². The zero-order chi connectivity index (χ0) is 13.5. The molecule has 0 unspecified atom stereocenters. The topological polar surface area (TPSA) is 59.0 Å². The highest BCUT2D eigenvalue weighted by atomic mass is 16.1. The van der Waals surface area contributed by atoms with Crippen molar-refractivity contribution < 1.29 is 4.79 Å². The fourth-order valence-corrected chi connectivity index (χ4v) is 2.02. The van der Waals surface area contributed by atoms with Crippen LogP contribution in [-0.2, 0) is 18.3 Å². The number of carbonyl (C=O) groups is 1. The molecule has 18 heavy (non-hydrogen) atoms. The van der Waals surface area contributed by atoms with E-state index in [-0.39, 0.29) is 5.91 Å². The van der Waals surface area contributed by atoms with Crippen molar-refractivity contribution in [1.82, 2.24) is 20.4 Å². The van der Waals surface area contributed by atoms with Crippen molar-refractivity contribution in [2.45, 2.75) is 33.1 Å². The summed E-state index contributed by atoms with van der Waals surface area (Å²) < 4.78 is 1.89. The minimum atomic E-state index is 0.129. The van der Waals surface area contributed by atoms with Gasteiger partial charge in [0.25, 0.3) is 0 Å². The van der Waals surface area contributed by atoms with Crippen LogP contribution in [0.3, 0.4) is 0 Å². The first kappa shape index (κ1) is 14.7. The summed E-state index contributed by atoms with van der Waals surface area (Å²) >= 11 is 0. The van der Waals surface area contributed by atoms with Gasteiger partial charge in [-0.25, -0.2) is 0 Å². The molecule has 1 aromatic heterocycles. The van der Waals surface area contributed by atoms with Crippen molar-refractivity contribution in [3.8, 4) is 0 Å². The molecule has 1 heterocycles. The molecule has 102 valence electrons. The smallest absolute Gasteiger partial charge is 0.220 e. The van der Waals surface area contributed by atoms with E-state index in [1.165, 1.54) is 11.3 Å². The molecule has 0 aromatic carbocycles. The van der Waals surface area contributed by atoms with Crippen LogP contribution in [0, 0.1) is 13.8 Å². The molecule has 0 fully saturated rings. The van der Waals surface area contributed by atoms with Crippen molar-refractivity contribution in [2.24, 2.45) is 7.05 Å². The second-order valence-electron chi connectivity index (χ2n) is 4.58. The lowest BCUT2D eigenvalue weighted by Gasteiger charge is -2.05. The number of amides is 1. The van der Waals surface area contributed by atoms with Crippen LogP contribution in [0.25, 0.3) is 0 Å². The normalized spacial score (nSPS) is 10.7. The first-order valence-electron chi connectivity index (χ1n) is 6.46. The van der Waals surface area contributed by atoms with Crippen molar-refractivity contribution in [1.29, 1.82) is 0 Å². The van der Waals surface area contributed by atoms with Gasteiger partial charge in [-0.05, 0) is 45.8 Å². The van der Waals surface area contributed by atoms with Gasteiger partial charge in [-0.2, -0.15) is 5.10 Å². The molecule has 2 N–H and O–H groups in total. The van der Waals surface area contributed by atoms with Crippen LogP contribution in [0.4, 0.5) is 0 Å². The average molecular weight is 252 g/mol. The molecule has 0 aliphatic carbocycles. The molecule has 1 amide bonds. The number of nitrogens with one attached hydrogen (secondary N) is 2. The van der Waals surface area contributed by atoms with Crippen LogP contribution in [0.2, 0.25) is 0 Å². The van der Waals surface area contributed by atoms with Crippen LogP contribution in [-0.4, -0.2) is 35.8 Å². The lowest BCUT2D eigenvalue weighted by atomic mass is 10.1. The minimum absolute atomic E-state index is 0.129. The first-order valence-corrected chi connectivity index (χ1v) is 6.46. The molecule has 0 bridgehead atoms. The zero-order valence-electron chi connectivity index (χ0n) is 11.8. The standard InChI is InChI=1S/C13H24N4O/c1-10-12(11(2)17(4)16-10)7-9-15-13(18)6-5-8-14-3/h14H,5-9H2,1-4H3,(H,15,18). The summed E-state index contributed by atoms with van der Waals surface area (Å²) in [7, 11) is 3.84. The minimum Gasteiger partial charge on any atom is -0.356 e. The maximum absolute atomic E-state index is 11.5. The maximum atomic E-state index is 11.5. The Morgan fingerprint density at radius 3 is 2.61 bits per heavy atom. The fourth-order valence-electron chi connectivity index (χ4n) is 2.02. The predicted octanol–water partition coefficient (Wildman–Crippen LogP) is 0.695. The van der Waals surface area contributed by atoms with E-state index in [1.807, 2.05) is 25.7 Å². The summed E-state index contributed by atoms with van der Waals surface area (Å²) in [6, 6.07) is 0. The van der Waals surface area contributed by atoms with Gasteiger partial charge in [0.2, 0.25) is 5.91 Å². The molecule has 1 aromatic rings. The molecule has 0 spiro atoms. The van der Waals surface area contributed by atoms with Gasteiger partial charge in [-0.3, -0.25) is 9.48 Å². The largest absolute Gasteiger partial charge is 0.356 e. The third-order valence-corrected chi connectivity index (χ3v) is 3.19. The number of rotatable bonds is 7. The molecule has 0 saturated heterocycles. The summed E-state index contributed by atoms with van der Waals surface area (Å²) in [5, 5.41) is 10.3. The van der Waals surface area contributed by atoms with Crippen LogP contribution in [0.5, 0.6) is 0 Å². The number of aryl methyl sites for hydroxylation is 2. The van der Waals surface area contributed by atoms with Crippen LogP contribution in [0.1, 0.15) is 29.8 Å². The summed E-state index contributed by atoms with van der Waals surface area (Å²) in [5.41, 5.74) is 3.48. The monoisotopic (exact) mass is 252 g/mol. The van der Waals surface area contributed by atoms with Gasteiger partial charge in [0.1, 0.15) is 0 Å². The van der Waals surface area contributed by atoms with Gasteiger partial charge in [0.05, 0.1) is 5.69 Å². The Morgan fingerprint density at radius 2 is 2.06 bits per heavy atom. The molecule has 5 nitrogen and oxygen atoms in total. The van der Waals surface area contributed by atoms with Crippen molar-refractivity contribution in [3.63, 3.8) is 0 Å². The van der Waals surface area contributed by atoms with Gasteiger partial charge >= 0.3 is 0 Å². The highest BCUT2D eigenvalue weighted by molar-refractivity contribution is 5.75. The van der Waals surface area contributed by atoms with Gasteiger partial charge in [0.15, 0.2) is 0 Å². The third kappa shape index (κ3) is 4.14. The molecule has 0 radical (unpaired) electrons. The Hall–Kier alpha value is -1.36. The Balaban J connectivity index is 2.31. The molecule has 0 aliphatic rings. The van der Waals surface area contributed by atoms with Crippen LogP contribution in [0.15, 0.2) is 0 Å². The Labute approximate surface area is 109 Å². The molecular formula is C13H24N4O. The summed E-state index contributed by atoms with van der Waals surface area (Å²) in [6.07, 6.45) is 2.32. The van der Waals surface area contributed by atoms with Gasteiger partial charge in [0, 0.05) is 25.7 Å². The summed E-state index contributed by atoms with van der Waals surface area (Å²) in [6.45, 7) is 5.64. The highest BCUT2D eigenvalue weighted by Crippen LogP contribution is 2.11. The molecule has 0 aliphatic heterocycles. The Bertz CT molecular complexity index is 398. The average Bonchev–Trinajstić information content (AvgIpc) is 2.56. The van der Waals surface area contributed by atoms with Gasteiger partial charge in [-0.15, -0.1) is 0 Å². The lowest BCUT2D eigenvalue weighted by Crippen LogP contribution is -2.26. The zero-order valence-corrected chi connectivity index (χ0v) is 11.8. The van der Waals surface area contributed by atoms with Crippen molar-refractivity contribution in [3.05, 3.63) is 17.0 Å². The molecule has 0 atom stereocenters. The second-order valence-corrected chi connectivity index (χ2v) is 4.58.